The summed E-state index contributed by atoms with van der Waals surface area (Å²) < 4.78 is 48.9. The van der Waals surface area contributed by atoms with Crippen molar-refractivity contribution in [2.75, 3.05) is 13.2 Å². The average molecular weight is 246 g/mol. The van der Waals surface area contributed by atoms with E-state index in [2.05, 4.69) is 0 Å². The molecule has 1 aromatic carbocycles. The van der Waals surface area contributed by atoms with Crippen molar-refractivity contribution in [1.29, 1.82) is 0 Å². The predicted octanol–water partition coefficient (Wildman–Crippen LogP) is 3.57. The number of ether oxygens (including phenoxy) is 2. The van der Waals surface area contributed by atoms with Crippen molar-refractivity contribution >= 4 is 0 Å². The summed E-state index contributed by atoms with van der Waals surface area (Å²) in [7, 11) is 0. The van der Waals surface area contributed by atoms with E-state index in [1.54, 1.807) is 6.07 Å². The Morgan fingerprint density at radius 3 is 2.82 bits per heavy atom. The van der Waals surface area contributed by atoms with E-state index in [0.29, 0.717) is 18.6 Å². The van der Waals surface area contributed by atoms with Crippen LogP contribution in [0.15, 0.2) is 18.2 Å². The molecule has 1 aromatic rings. The first-order valence-electron chi connectivity index (χ1n) is 5.48. The molecule has 0 amide bonds. The molecule has 0 aromatic heterocycles. The van der Waals surface area contributed by atoms with Gasteiger partial charge in [-0.25, -0.2) is 0 Å². The topological polar surface area (TPSA) is 18.5 Å². The van der Waals surface area contributed by atoms with Crippen LogP contribution in [0.5, 0.6) is 5.75 Å². The molecule has 0 spiro atoms. The van der Waals surface area contributed by atoms with E-state index in [4.69, 9.17) is 9.47 Å². The highest BCUT2D eigenvalue weighted by Gasteiger charge is 2.37. The Labute approximate surface area is 97.3 Å². The minimum absolute atomic E-state index is 0.0790. The van der Waals surface area contributed by atoms with Crippen LogP contribution >= 0.6 is 0 Å². The molecule has 0 fully saturated rings. The average Bonchev–Trinajstić information content (AvgIpc) is 2.28. The first-order chi connectivity index (χ1) is 8.04. The van der Waals surface area contributed by atoms with E-state index in [0.717, 1.165) is 6.07 Å². The number of halogens is 3. The fraction of sp³-hybridized carbons (Fsp3) is 0.500. The lowest BCUT2D eigenvalue weighted by Crippen LogP contribution is -2.20. The zero-order chi connectivity index (χ0) is 12.5. The molecule has 0 aliphatic carbocycles. The normalized spacial score (nSPS) is 19.6. The minimum Gasteiger partial charge on any atom is -0.492 e. The van der Waals surface area contributed by atoms with Gasteiger partial charge >= 0.3 is 6.18 Å². The van der Waals surface area contributed by atoms with Crippen molar-refractivity contribution in [3.05, 3.63) is 29.3 Å². The van der Waals surface area contributed by atoms with Gasteiger partial charge in [-0.1, -0.05) is 12.1 Å². The fourth-order valence-electron chi connectivity index (χ4n) is 1.99. The number of hydrogen-bond donors (Lipinski definition) is 0. The second-order valence-corrected chi connectivity index (χ2v) is 3.80. The van der Waals surface area contributed by atoms with Crippen molar-refractivity contribution in [3.63, 3.8) is 0 Å². The van der Waals surface area contributed by atoms with Crippen LogP contribution in [0, 0.1) is 0 Å². The lowest BCUT2D eigenvalue weighted by Gasteiger charge is -2.27. The van der Waals surface area contributed by atoms with Crippen molar-refractivity contribution < 1.29 is 22.6 Å². The summed E-state index contributed by atoms with van der Waals surface area (Å²) in [6, 6.07) is 4.06. The molecule has 1 heterocycles. The standard InChI is InChI=1S/C12H13F3O2/c1-2-16-10-6-7-17-11-8(10)4-3-5-9(11)12(13,14)15/h3-5,10H,2,6-7H2,1H3. The van der Waals surface area contributed by atoms with Crippen LogP contribution in [0.2, 0.25) is 0 Å². The second-order valence-electron chi connectivity index (χ2n) is 3.80. The van der Waals surface area contributed by atoms with Gasteiger partial charge in [-0.15, -0.1) is 0 Å². The molecule has 1 aliphatic rings. The zero-order valence-electron chi connectivity index (χ0n) is 9.38. The number of rotatable bonds is 2. The quantitative estimate of drug-likeness (QED) is 0.794. The summed E-state index contributed by atoms with van der Waals surface area (Å²) in [6.45, 7) is 2.55. The predicted molar refractivity (Wildman–Crippen MR) is 55.9 cm³/mol. The third kappa shape index (κ3) is 2.39. The van der Waals surface area contributed by atoms with Gasteiger partial charge in [0.15, 0.2) is 0 Å². The SMILES string of the molecule is CCOC1CCOc2c1cccc2C(F)(F)F. The maximum atomic E-state index is 12.8. The largest absolute Gasteiger partial charge is 0.492 e. The van der Waals surface area contributed by atoms with E-state index < -0.39 is 11.7 Å². The van der Waals surface area contributed by atoms with E-state index in [9.17, 15) is 13.2 Å². The summed E-state index contributed by atoms with van der Waals surface area (Å²) in [6.07, 6.45) is -4.10. The van der Waals surface area contributed by atoms with E-state index in [1.807, 2.05) is 6.92 Å². The van der Waals surface area contributed by atoms with E-state index >= 15 is 0 Å². The molecule has 94 valence electrons. The molecule has 17 heavy (non-hydrogen) atoms. The van der Waals surface area contributed by atoms with Gasteiger partial charge in [0.1, 0.15) is 5.75 Å². The Morgan fingerprint density at radius 2 is 2.18 bits per heavy atom. The van der Waals surface area contributed by atoms with Crippen molar-refractivity contribution in [2.45, 2.75) is 25.6 Å². The third-order valence-corrected chi connectivity index (χ3v) is 2.69. The molecule has 5 heteroatoms. The van der Waals surface area contributed by atoms with Crippen LogP contribution in [0.3, 0.4) is 0 Å². The Bertz CT molecular complexity index is 401. The molecular weight excluding hydrogens is 233 g/mol. The molecule has 0 radical (unpaired) electrons. The number of para-hydroxylation sites is 1. The molecule has 0 saturated heterocycles. The molecule has 1 unspecified atom stereocenters. The van der Waals surface area contributed by atoms with Crippen molar-refractivity contribution in [1.82, 2.24) is 0 Å². The molecular formula is C12H13F3O2. The highest BCUT2D eigenvalue weighted by Crippen LogP contribution is 2.43. The van der Waals surface area contributed by atoms with Gasteiger partial charge in [0.25, 0.3) is 0 Å². The van der Waals surface area contributed by atoms with Gasteiger partial charge in [0.05, 0.1) is 18.3 Å². The van der Waals surface area contributed by atoms with Crippen LogP contribution in [0.25, 0.3) is 0 Å². The van der Waals surface area contributed by atoms with Gasteiger partial charge < -0.3 is 9.47 Å². The first-order valence-corrected chi connectivity index (χ1v) is 5.48. The van der Waals surface area contributed by atoms with E-state index in [-0.39, 0.29) is 18.5 Å². The minimum atomic E-state index is -4.39. The lowest BCUT2D eigenvalue weighted by molar-refractivity contribution is -0.139. The monoisotopic (exact) mass is 246 g/mol. The van der Waals surface area contributed by atoms with Gasteiger partial charge in [-0.05, 0) is 13.0 Å². The second kappa shape index (κ2) is 4.56. The number of hydrogen-bond acceptors (Lipinski definition) is 2. The maximum Gasteiger partial charge on any atom is 0.419 e. The number of alkyl halides is 3. The van der Waals surface area contributed by atoms with Crippen LogP contribution in [0.1, 0.15) is 30.6 Å². The zero-order valence-corrected chi connectivity index (χ0v) is 9.38. The highest BCUT2D eigenvalue weighted by molar-refractivity contribution is 5.45. The van der Waals surface area contributed by atoms with Crippen LogP contribution in [0.4, 0.5) is 13.2 Å². The smallest absolute Gasteiger partial charge is 0.419 e. The Balaban J connectivity index is 2.44. The Morgan fingerprint density at radius 1 is 1.41 bits per heavy atom. The van der Waals surface area contributed by atoms with Gasteiger partial charge in [-0.2, -0.15) is 13.2 Å². The first kappa shape index (κ1) is 12.2. The Kier molecular flexibility index (Phi) is 3.28. The van der Waals surface area contributed by atoms with Crippen molar-refractivity contribution in [3.8, 4) is 5.75 Å². The van der Waals surface area contributed by atoms with Gasteiger partial charge in [0, 0.05) is 18.6 Å². The molecule has 0 N–H and O–H groups in total. The van der Waals surface area contributed by atoms with Gasteiger partial charge in [0.2, 0.25) is 0 Å². The van der Waals surface area contributed by atoms with Crippen LogP contribution < -0.4 is 4.74 Å². The number of fused-ring (bicyclic) bond motifs is 1. The fourth-order valence-corrected chi connectivity index (χ4v) is 1.99. The summed E-state index contributed by atoms with van der Waals surface area (Å²) in [5.74, 6) is -0.0790. The molecule has 2 nitrogen and oxygen atoms in total. The molecule has 1 atom stereocenters. The molecule has 0 saturated carbocycles. The van der Waals surface area contributed by atoms with Crippen LogP contribution in [-0.2, 0) is 10.9 Å². The van der Waals surface area contributed by atoms with Crippen LogP contribution in [-0.4, -0.2) is 13.2 Å². The van der Waals surface area contributed by atoms with Crippen molar-refractivity contribution in [2.24, 2.45) is 0 Å². The summed E-state index contributed by atoms with van der Waals surface area (Å²) >= 11 is 0. The molecule has 0 bridgehead atoms. The summed E-state index contributed by atoms with van der Waals surface area (Å²) in [5, 5.41) is 0. The highest BCUT2D eigenvalue weighted by atomic mass is 19.4. The summed E-state index contributed by atoms with van der Waals surface area (Å²) in [5.41, 5.74) is -0.229. The van der Waals surface area contributed by atoms with E-state index in [1.165, 1.54) is 6.07 Å². The Hall–Kier alpha value is -1.23. The summed E-state index contributed by atoms with van der Waals surface area (Å²) in [4.78, 5) is 0. The number of benzene rings is 1. The van der Waals surface area contributed by atoms with Gasteiger partial charge in [-0.3, -0.25) is 0 Å². The molecule has 2 rings (SSSR count). The lowest BCUT2D eigenvalue weighted by atomic mass is 9.99. The third-order valence-electron chi connectivity index (χ3n) is 2.69. The molecule has 1 aliphatic heterocycles. The maximum absolute atomic E-state index is 12.8.